The number of imidazole rings is 1. The van der Waals surface area contributed by atoms with E-state index in [1.807, 2.05) is 0 Å². The molecule has 0 radical (unpaired) electrons. The molecule has 22 heavy (non-hydrogen) atoms. The highest BCUT2D eigenvalue weighted by molar-refractivity contribution is 5.72. The largest absolute Gasteiger partial charge is 0.394 e. The molecule has 0 bridgehead atoms. The van der Waals surface area contributed by atoms with Gasteiger partial charge in [0.1, 0.15) is 24.1 Å². The van der Waals surface area contributed by atoms with Crippen molar-refractivity contribution in [3.8, 4) is 0 Å². The van der Waals surface area contributed by atoms with E-state index >= 15 is 0 Å². The second kappa shape index (κ2) is 5.02. The lowest BCUT2D eigenvalue weighted by molar-refractivity contribution is -0.0521. The number of nitrogen functional groups attached to an aromatic ring is 1. The molecule has 3 rings (SSSR count). The van der Waals surface area contributed by atoms with Crippen LogP contribution in [0.4, 0.5) is 5.95 Å². The summed E-state index contributed by atoms with van der Waals surface area (Å²) >= 11 is 0. The van der Waals surface area contributed by atoms with Gasteiger partial charge in [-0.25, -0.2) is 4.98 Å². The number of fused-ring (bicyclic) bond motifs is 1. The quantitative estimate of drug-likeness (QED) is 0.481. The lowest BCUT2D eigenvalue weighted by Gasteiger charge is -2.20. The van der Waals surface area contributed by atoms with E-state index in [2.05, 4.69) is 9.97 Å². The third kappa shape index (κ3) is 1.92. The second-order valence-corrected chi connectivity index (χ2v) is 5.26. The highest BCUT2D eigenvalue weighted by Gasteiger charge is 2.44. The highest BCUT2D eigenvalue weighted by Crippen LogP contribution is 2.32. The van der Waals surface area contributed by atoms with Crippen LogP contribution in [0.2, 0.25) is 0 Å². The van der Waals surface area contributed by atoms with Gasteiger partial charge in [-0.15, -0.1) is 0 Å². The van der Waals surface area contributed by atoms with E-state index in [-0.39, 0.29) is 11.5 Å². The predicted molar refractivity (Wildman–Crippen MR) is 74.9 cm³/mol. The van der Waals surface area contributed by atoms with Crippen molar-refractivity contribution in [2.24, 2.45) is 7.05 Å². The first-order valence-corrected chi connectivity index (χ1v) is 6.70. The van der Waals surface area contributed by atoms with Crippen molar-refractivity contribution in [2.75, 3.05) is 12.3 Å². The molecule has 0 spiro atoms. The zero-order chi connectivity index (χ0) is 16.2. The summed E-state index contributed by atoms with van der Waals surface area (Å²) in [7, 11) is 1.60. The average Bonchev–Trinajstić information content (AvgIpc) is 2.96. The zero-order valence-corrected chi connectivity index (χ0v) is 12.0. The summed E-state index contributed by atoms with van der Waals surface area (Å²) in [5.41, 5.74) is 5.53. The number of aliphatic hydroxyl groups is 3. The van der Waals surface area contributed by atoms with Gasteiger partial charge in [0.15, 0.2) is 17.4 Å². The third-order valence-corrected chi connectivity index (χ3v) is 3.91. The first kappa shape index (κ1) is 14.9. The molecule has 3 heterocycles. The summed E-state index contributed by atoms with van der Waals surface area (Å²) in [5, 5.41) is 29.3. The molecule has 4 unspecified atom stereocenters. The molecule has 120 valence electrons. The van der Waals surface area contributed by atoms with Crippen LogP contribution < -0.4 is 11.3 Å². The van der Waals surface area contributed by atoms with Gasteiger partial charge in [-0.1, -0.05) is 0 Å². The zero-order valence-electron chi connectivity index (χ0n) is 12.0. The third-order valence-electron chi connectivity index (χ3n) is 3.91. The lowest BCUT2D eigenvalue weighted by atomic mass is 10.1. The molecule has 0 saturated carbocycles. The van der Waals surface area contributed by atoms with Crippen molar-refractivity contribution in [1.29, 1.82) is 0 Å². The highest BCUT2D eigenvalue weighted by atomic mass is 16.6. The minimum absolute atomic E-state index is 0.00890. The lowest BCUT2D eigenvalue weighted by Crippen LogP contribution is -2.33. The molecule has 1 fully saturated rings. The molecule has 0 aromatic carbocycles. The SMILES string of the molecule is Cc1nc2c(=O)nc(N)n(C)c2n1C1OC(CO)C(O)C1O. The van der Waals surface area contributed by atoms with Crippen molar-refractivity contribution >= 4 is 17.1 Å². The summed E-state index contributed by atoms with van der Waals surface area (Å²) in [6.45, 7) is 1.19. The van der Waals surface area contributed by atoms with E-state index in [0.717, 1.165) is 0 Å². The first-order chi connectivity index (χ1) is 10.4. The number of aromatic nitrogens is 4. The number of ether oxygens (including phenoxy) is 1. The van der Waals surface area contributed by atoms with Gasteiger partial charge in [0, 0.05) is 7.05 Å². The van der Waals surface area contributed by atoms with Crippen LogP contribution in [-0.4, -0.2) is 59.3 Å². The van der Waals surface area contributed by atoms with Crippen molar-refractivity contribution in [1.82, 2.24) is 19.1 Å². The minimum Gasteiger partial charge on any atom is -0.394 e. The number of nitrogens with zero attached hydrogens (tertiary/aromatic N) is 4. The summed E-state index contributed by atoms with van der Waals surface area (Å²) in [4.78, 5) is 19.7. The van der Waals surface area contributed by atoms with Crippen LogP contribution in [0.1, 0.15) is 12.1 Å². The topological polar surface area (TPSA) is 149 Å². The Labute approximate surface area is 124 Å². The normalized spacial score (nSPS) is 28.6. The predicted octanol–water partition coefficient (Wildman–Crippen LogP) is -2.37. The fraction of sp³-hybridized carbons (Fsp3) is 0.583. The van der Waals surface area contributed by atoms with E-state index in [9.17, 15) is 20.1 Å². The number of aliphatic hydroxyl groups excluding tert-OH is 3. The van der Waals surface area contributed by atoms with E-state index in [4.69, 9.17) is 10.5 Å². The standard InChI is InChI=1S/C12H17N5O5/c1-4-14-6-9(21)15-12(13)16(2)10(6)17(4)11-8(20)7(19)5(3-18)22-11/h5,7-8,11,18-20H,3H2,1-2H3,(H2,13,15,21). The maximum atomic E-state index is 11.9. The minimum atomic E-state index is -1.28. The van der Waals surface area contributed by atoms with E-state index in [0.29, 0.717) is 11.5 Å². The number of hydrogen-bond acceptors (Lipinski definition) is 8. The molecule has 0 amide bonds. The van der Waals surface area contributed by atoms with E-state index in [1.165, 1.54) is 9.13 Å². The number of rotatable bonds is 2. The fourth-order valence-electron chi connectivity index (χ4n) is 2.74. The monoisotopic (exact) mass is 311 g/mol. The number of nitrogens with two attached hydrogens (primary N) is 1. The Morgan fingerprint density at radius 3 is 2.59 bits per heavy atom. The molecular weight excluding hydrogens is 294 g/mol. The molecular formula is C12H17N5O5. The van der Waals surface area contributed by atoms with Gasteiger partial charge in [0.2, 0.25) is 5.95 Å². The van der Waals surface area contributed by atoms with Gasteiger partial charge in [-0.2, -0.15) is 4.98 Å². The molecule has 2 aromatic rings. The molecule has 1 aliphatic heterocycles. The summed E-state index contributed by atoms with van der Waals surface area (Å²) < 4.78 is 8.42. The van der Waals surface area contributed by atoms with Crippen molar-refractivity contribution < 1.29 is 20.1 Å². The average molecular weight is 311 g/mol. The van der Waals surface area contributed by atoms with Crippen LogP contribution in [0.3, 0.4) is 0 Å². The molecule has 4 atom stereocenters. The van der Waals surface area contributed by atoms with E-state index < -0.39 is 36.7 Å². The summed E-state index contributed by atoms with van der Waals surface area (Å²) in [5.74, 6) is 0.385. The van der Waals surface area contributed by atoms with Gasteiger partial charge in [0.05, 0.1) is 6.61 Å². The Hall–Kier alpha value is -2.01. The first-order valence-electron chi connectivity index (χ1n) is 6.70. The number of aryl methyl sites for hydroxylation is 2. The van der Waals surface area contributed by atoms with Crippen LogP contribution in [0.15, 0.2) is 4.79 Å². The van der Waals surface area contributed by atoms with Crippen LogP contribution in [0.5, 0.6) is 0 Å². The van der Waals surface area contributed by atoms with E-state index in [1.54, 1.807) is 14.0 Å². The van der Waals surface area contributed by atoms with Crippen LogP contribution in [0.25, 0.3) is 11.2 Å². The molecule has 1 saturated heterocycles. The van der Waals surface area contributed by atoms with Crippen LogP contribution in [0, 0.1) is 6.92 Å². The Balaban J connectivity index is 2.24. The molecule has 0 aliphatic carbocycles. The Morgan fingerprint density at radius 2 is 2.00 bits per heavy atom. The fourth-order valence-corrected chi connectivity index (χ4v) is 2.74. The molecule has 5 N–H and O–H groups in total. The van der Waals surface area contributed by atoms with Crippen molar-refractivity contribution in [2.45, 2.75) is 31.5 Å². The van der Waals surface area contributed by atoms with Gasteiger partial charge in [-0.3, -0.25) is 13.9 Å². The summed E-state index contributed by atoms with van der Waals surface area (Å²) in [6.07, 6.45) is -4.45. The molecule has 10 heteroatoms. The Morgan fingerprint density at radius 1 is 1.32 bits per heavy atom. The maximum Gasteiger partial charge on any atom is 0.302 e. The molecule has 10 nitrogen and oxygen atoms in total. The van der Waals surface area contributed by atoms with Crippen LogP contribution >= 0.6 is 0 Å². The van der Waals surface area contributed by atoms with Gasteiger partial charge in [0.25, 0.3) is 0 Å². The second-order valence-electron chi connectivity index (χ2n) is 5.26. The van der Waals surface area contributed by atoms with Crippen molar-refractivity contribution in [3.63, 3.8) is 0 Å². The Bertz CT molecular complexity index is 784. The Kier molecular flexibility index (Phi) is 3.40. The molecule has 1 aliphatic rings. The number of hydrogen-bond donors (Lipinski definition) is 4. The van der Waals surface area contributed by atoms with Gasteiger partial charge >= 0.3 is 5.56 Å². The summed E-state index contributed by atoms with van der Waals surface area (Å²) in [6, 6.07) is 0. The smallest absolute Gasteiger partial charge is 0.302 e. The maximum absolute atomic E-state index is 11.9. The van der Waals surface area contributed by atoms with Gasteiger partial charge in [-0.05, 0) is 6.92 Å². The molecule has 2 aromatic heterocycles. The number of anilines is 1. The van der Waals surface area contributed by atoms with Gasteiger partial charge < -0.3 is 25.8 Å². The van der Waals surface area contributed by atoms with Crippen LogP contribution in [-0.2, 0) is 11.8 Å². The van der Waals surface area contributed by atoms with Crippen molar-refractivity contribution in [3.05, 3.63) is 16.2 Å².